The van der Waals surface area contributed by atoms with Crippen molar-refractivity contribution >= 4 is 0 Å². The van der Waals surface area contributed by atoms with E-state index in [9.17, 15) is 0 Å². The van der Waals surface area contributed by atoms with E-state index < -0.39 is 0 Å². The van der Waals surface area contributed by atoms with Gasteiger partial charge in [-0.05, 0) is 50.6 Å². The number of hydrogen-bond acceptors (Lipinski definition) is 2. The van der Waals surface area contributed by atoms with Gasteiger partial charge in [0.25, 0.3) is 0 Å². The van der Waals surface area contributed by atoms with Gasteiger partial charge in [-0.15, -0.1) is 0 Å². The van der Waals surface area contributed by atoms with Crippen LogP contribution in [0.3, 0.4) is 0 Å². The fourth-order valence-electron chi connectivity index (χ4n) is 2.51. The van der Waals surface area contributed by atoms with Gasteiger partial charge in [-0.25, -0.2) is 0 Å². The highest BCUT2D eigenvalue weighted by atomic mass is 16.5. The predicted molar refractivity (Wildman–Crippen MR) is 71.0 cm³/mol. The van der Waals surface area contributed by atoms with E-state index in [1.165, 1.54) is 24.8 Å². The van der Waals surface area contributed by atoms with E-state index in [1.54, 1.807) is 0 Å². The molecule has 0 amide bonds. The Morgan fingerprint density at radius 1 is 1.18 bits per heavy atom. The summed E-state index contributed by atoms with van der Waals surface area (Å²) in [7, 11) is 0. The average molecular weight is 233 g/mol. The fraction of sp³-hybridized carbons (Fsp3) is 0.600. The first kappa shape index (κ1) is 12.6. The van der Waals surface area contributed by atoms with Gasteiger partial charge in [-0.3, -0.25) is 0 Å². The maximum atomic E-state index is 6.05. The lowest BCUT2D eigenvalue weighted by atomic mass is 9.77. The van der Waals surface area contributed by atoms with Crippen LogP contribution in [0.15, 0.2) is 30.3 Å². The minimum Gasteiger partial charge on any atom is -0.375 e. The summed E-state index contributed by atoms with van der Waals surface area (Å²) in [4.78, 5) is 0. The largest absolute Gasteiger partial charge is 0.375 e. The van der Waals surface area contributed by atoms with Crippen molar-refractivity contribution in [3.8, 4) is 0 Å². The number of benzene rings is 1. The first-order chi connectivity index (χ1) is 8.35. The first-order valence-electron chi connectivity index (χ1n) is 6.73. The van der Waals surface area contributed by atoms with Crippen LogP contribution in [0.1, 0.15) is 37.7 Å². The molecule has 0 aromatic heterocycles. The van der Waals surface area contributed by atoms with Crippen LogP contribution < -0.4 is 5.73 Å². The number of nitrogens with two attached hydrogens (primary N) is 1. The van der Waals surface area contributed by atoms with Gasteiger partial charge >= 0.3 is 0 Å². The Bertz CT molecular complexity index is 319. The third-order valence-electron chi connectivity index (χ3n) is 3.73. The van der Waals surface area contributed by atoms with Crippen LogP contribution in [0, 0.1) is 0 Å². The molecule has 2 N–H and O–H groups in total. The van der Waals surface area contributed by atoms with E-state index in [4.69, 9.17) is 10.5 Å². The average Bonchev–Trinajstić information content (AvgIpc) is 2.32. The van der Waals surface area contributed by atoms with Crippen LogP contribution in [0.25, 0.3) is 0 Å². The van der Waals surface area contributed by atoms with Gasteiger partial charge in [0.05, 0.1) is 5.60 Å². The van der Waals surface area contributed by atoms with E-state index in [-0.39, 0.29) is 5.60 Å². The maximum absolute atomic E-state index is 6.05. The normalized spacial score (nSPS) is 17.7. The molecule has 1 aliphatic carbocycles. The van der Waals surface area contributed by atoms with Crippen LogP contribution in [-0.2, 0) is 11.2 Å². The van der Waals surface area contributed by atoms with E-state index in [1.807, 2.05) is 0 Å². The van der Waals surface area contributed by atoms with Crippen molar-refractivity contribution in [2.45, 2.75) is 44.1 Å². The molecule has 1 saturated carbocycles. The standard InChI is InChI=1S/C15H23NO/c16-12-11-15(9-5-10-15)17-13-4-8-14-6-2-1-3-7-14/h1-3,6-7H,4-5,8-13,16H2. The van der Waals surface area contributed by atoms with Crippen LogP contribution in [0.5, 0.6) is 0 Å². The van der Waals surface area contributed by atoms with E-state index in [2.05, 4.69) is 30.3 Å². The van der Waals surface area contributed by atoms with Crippen molar-refractivity contribution in [1.82, 2.24) is 0 Å². The Hall–Kier alpha value is -0.860. The van der Waals surface area contributed by atoms with Crippen LogP contribution in [0.4, 0.5) is 0 Å². The molecule has 2 nitrogen and oxygen atoms in total. The van der Waals surface area contributed by atoms with Gasteiger partial charge in [0.2, 0.25) is 0 Å². The summed E-state index contributed by atoms with van der Waals surface area (Å²) in [5, 5.41) is 0. The summed E-state index contributed by atoms with van der Waals surface area (Å²) in [6.45, 7) is 1.62. The summed E-state index contributed by atoms with van der Waals surface area (Å²) >= 11 is 0. The topological polar surface area (TPSA) is 35.2 Å². The van der Waals surface area contributed by atoms with Gasteiger partial charge in [-0.1, -0.05) is 30.3 Å². The van der Waals surface area contributed by atoms with Gasteiger partial charge in [-0.2, -0.15) is 0 Å². The molecule has 0 radical (unpaired) electrons. The van der Waals surface area contributed by atoms with Gasteiger partial charge in [0, 0.05) is 6.61 Å². The molecule has 2 heteroatoms. The molecule has 0 spiro atoms. The molecule has 1 fully saturated rings. The molecule has 0 aliphatic heterocycles. The lowest BCUT2D eigenvalue weighted by Crippen LogP contribution is -2.42. The number of hydrogen-bond donors (Lipinski definition) is 1. The number of rotatable bonds is 7. The molecule has 2 rings (SSSR count). The monoisotopic (exact) mass is 233 g/mol. The highest BCUT2D eigenvalue weighted by molar-refractivity contribution is 5.14. The van der Waals surface area contributed by atoms with E-state index in [0.717, 1.165) is 32.4 Å². The number of ether oxygens (including phenoxy) is 1. The zero-order valence-corrected chi connectivity index (χ0v) is 10.5. The Balaban J connectivity index is 1.66. The Kier molecular flexibility index (Phi) is 4.57. The minimum atomic E-state index is 0.144. The predicted octanol–water partition coefficient (Wildman–Crippen LogP) is 2.91. The molecule has 1 aromatic rings. The molecule has 1 aliphatic rings. The van der Waals surface area contributed by atoms with Crippen molar-refractivity contribution in [2.24, 2.45) is 5.73 Å². The molecule has 0 heterocycles. The first-order valence-corrected chi connectivity index (χ1v) is 6.73. The lowest BCUT2D eigenvalue weighted by molar-refractivity contribution is -0.104. The quantitative estimate of drug-likeness (QED) is 0.735. The number of aryl methyl sites for hydroxylation is 1. The minimum absolute atomic E-state index is 0.144. The Morgan fingerprint density at radius 2 is 1.94 bits per heavy atom. The highest BCUT2D eigenvalue weighted by Crippen LogP contribution is 2.38. The zero-order chi connectivity index (χ0) is 12.0. The molecular weight excluding hydrogens is 210 g/mol. The molecule has 0 unspecified atom stereocenters. The van der Waals surface area contributed by atoms with Crippen molar-refractivity contribution in [3.05, 3.63) is 35.9 Å². The summed E-state index contributed by atoms with van der Waals surface area (Å²) < 4.78 is 6.05. The van der Waals surface area contributed by atoms with Crippen LogP contribution in [0.2, 0.25) is 0 Å². The lowest BCUT2D eigenvalue weighted by Gasteiger charge is -2.41. The van der Waals surface area contributed by atoms with Crippen molar-refractivity contribution < 1.29 is 4.74 Å². The van der Waals surface area contributed by atoms with Crippen molar-refractivity contribution in [3.63, 3.8) is 0 Å². The second kappa shape index (κ2) is 6.18. The molecule has 0 bridgehead atoms. The van der Waals surface area contributed by atoms with E-state index >= 15 is 0 Å². The van der Waals surface area contributed by atoms with Gasteiger partial charge < -0.3 is 10.5 Å². The molecular formula is C15H23NO. The third kappa shape index (κ3) is 3.55. The van der Waals surface area contributed by atoms with Gasteiger partial charge in [0.1, 0.15) is 0 Å². The summed E-state index contributed by atoms with van der Waals surface area (Å²) in [5.74, 6) is 0. The zero-order valence-electron chi connectivity index (χ0n) is 10.5. The second-order valence-corrected chi connectivity index (χ2v) is 5.01. The SMILES string of the molecule is NCCC1(OCCCc2ccccc2)CCC1. The molecule has 1 aromatic carbocycles. The summed E-state index contributed by atoms with van der Waals surface area (Å²) in [6, 6.07) is 10.6. The molecule has 0 atom stereocenters. The smallest absolute Gasteiger partial charge is 0.0694 e. The Labute approximate surface area is 104 Å². The van der Waals surface area contributed by atoms with Crippen LogP contribution in [-0.4, -0.2) is 18.8 Å². The maximum Gasteiger partial charge on any atom is 0.0694 e. The van der Waals surface area contributed by atoms with Crippen molar-refractivity contribution in [2.75, 3.05) is 13.2 Å². The van der Waals surface area contributed by atoms with Crippen molar-refractivity contribution in [1.29, 1.82) is 0 Å². The third-order valence-corrected chi connectivity index (χ3v) is 3.73. The highest BCUT2D eigenvalue weighted by Gasteiger charge is 2.36. The Morgan fingerprint density at radius 3 is 2.53 bits per heavy atom. The van der Waals surface area contributed by atoms with E-state index in [0.29, 0.717) is 0 Å². The fourth-order valence-corrected chi connectivity index (χ4v) is 2.51. The molecule has 0 saturated heterocycles. The molecule has 94 valence electrons. The summed E-state index contributed by atoms with van der Waals surface area (Å²) in [6.07, 6.45) is 6.96. The summed E-state index contributed by atoms with van der Waals surface area (Å²) in [5.41, 5.74) is 7.18. The second-order valence-electron chi connectivity index (χ2n) is 5.01. The molecule has 17 heavy (non-hydrogen) atoms. The van der Waals surface area contributed by atoms with Crippen LogP contribution >= 0.6 is 0 Å². The van der Waals surface area contributed by atoms with Gasteiger partial charge in [0.15, 0.2) is 0 Å².